The Labute approximate surface area is 122 Å². The number of hydrogen-bond acceptors (Lipinski definition) is 1. The molecule has 102 valence electrons. The predicted octanol–water partition coefficient (Wildman–Crippen LogP) is 3.01. The van der Waals surface area contributed by atoms with Gasteiger partial charge in [0.2, 0.25) is 0 Å². The number of rotatable bonds is 4. The summed E-state index contributed by atoms with van der Waals surface area (Å²) in [6, 6.07) is 9.01. The van der Waals surface area contributed by atoms with Crippen LogP contribution in [-0.4, -0.2) is 18.5 Å². The van der Waals surface area contributed by atoms with Crippen molar-refractivity contribution in [3.8, 4) is 0 Å². The topological polar surface area (TPSA) is 50.4 Å². The summed E-state index contributed by atoms with van der Waals surface area (Å²) >= 11 is 3.46. The van der Waals surface area contributed by atoms with Crippen molar-refractivity contribution in [3.63, 3.8) is 0 Å². The highest BCUT2D eigenvalue weighted by molar-refractivity contribution is 9.10. The lowest BCUT2D eigenvalue weighted by Crippen LogP contribution is -2.35. The minimum Gasteiger partial charge on any atom is -0.370 e. The zero-order valence-corrected chi connectivity index (χ0v) is 12.6. The van der Waals surface area contributed by atoms with Gasteiger partial charge in [0.15, 0.2) is 5.96 Å². The molecule has 4 heteroatoms. The molecule has 2 atom stereocenters. The fourth-order valence-corrected chi connectivity index (χ4v) is 2.84. The SMILES string of the molecule is NC(=NCC1CCC1)N[C@@H]1C[C@H]1c1ccc(Br)cc1. The second-order valence-corrected chi connectivity index (χ2v) is 6.58. The van der Waals surface area contributed by atoms with Crippen molar-refractivity contribution in [1.29, 1.82) is 0 Å². The molecule has 0 bridgehead atoms. The van der Waals surface area contributed by atoms with E-state index >= 15 is 0 Å². The van der Waals surface area contributed by atoms with Crippen molar-refractivity contribution in [2.24, 2.45) is 16.6 Å². The molecule has 0 aromatic heterocycles. The summed E-state index contributed by atoms with van der Waals surface area (Å²) in [5, 5.41) is 3.34. The Morgan fingerprint density at radius 1 is 1.32 bits per heavy atom. The average molecular weight is 322 g/mol. The molecule has 0 spiro atoms. The van der Waals surface area contributed by atoms with Crippen LogP contribution >= 0.6 is 15.9 Å². The minimum absolute atomic E-state index is 0.464. The van der Waals surface area contributed by atoms with E-state index in [4.69, 9.17) is 5.73 Å². The number of nitrogens with zero attached hydrogens (tertiary/aromatic N) is 1. The van der Waals surface area contributed by atoms with Gasteiger partial charge in [-0.3, -0.25) is 4.99 Å². The van der Waals surface area contributed by atoms with Gasteiger partial charge in [-0.05, 0) is 42.9 Å². The molecule has 3 rings (SSSR count). The Kier molecular flexibility index (Phi) is 3.78. The standard InChI is InChI=1S/C15H20BrN3/c16-12-6-4-11(5-7-12)13-8-14(13)19-15(17)18-9-10-2-1-3-10/h4-7,10,13-14H,1-3,8-9H2,(H3,17,18,19)/t13-,14+/m0/s1. The van der Waals surface area contributed by atoms with E-state index in [1.165, 1.54) is 24.8 Å². The number of halogens is 1. The van der Waals surface area contributed by atoms with Crippen LogP contribution < -0.4 is 11.1 Å². The van der Waals surface area contributed by atoms with Crippen molar-refractivity contribution in [2.45, 2.75) is 37.6 Å². The highest BCUT2D eigenvalue weighted by atomic mass is 79.9. The van der Waals surface area contributed by atoms with Gasteiger partial charge in [-0.1, -0.05) is 34.5 Å². The predicted molar refractivity (Wildman–Crippen MR) is 82.3 cm³/mol. The van der Waals surface area contributed by atoms with Crippen molar-refractivity contribution < 1.29 is 0 Å². The number of aliphatic imine (C=N–C) groups is 1. The largest absolute Gasteiger partial charge is 0.370 e. The molecule has 2 aliphatic carbocycles. The third-order valence-corrected chi connectivity index (χ3v) is 4.70. The number of hydrogen-bond donors (Lipinski definition) is 2. The van der Waals surface area contributed by atoms with Crippen LogP contribution in [0, 0.1) is 5.92 Å². The van der Waals surface area contributed by atoms with Gasteiger partial charge in [-0.15, -0.1) is 0 Å². The Hall–Kier alpha value is -1.03. The number of guanidine groups is 1. The summed E-state index contributed by atoms with van der Waals surface area (Å²) in [7, 11) is 0. The van der Waals surface area contributed by atoms with Crippen LogP contribution in [0.1, 0.15) is 37.2 Å². The summed E-state index contributed by atoms with van der Waals surface area (Å²) in [4.78, 5) is 4.44. The van der Waals surface area contributed by atoms with Gasteiger partial charge >= 0.3 is 0 Å². The van der Waals surface area contributed by atoms with Crippen LogP contribution in [0.5, 0.6) is 0 Å². The zero-order chi connectivity index (χ0) is 13.2. The molecule has 0 saturated heterocycles. The lowest BCUT2D eigenvalue weighted by Gasteiger charge is -2.23. The molecule has 2 fully saturated rings. The van der Waals surface area contributed by atoms with Crippen molar-refractivity contribution >= 4 is 21.9 Å². The van der Waals surface area contributed by atoms with Gasteiger partial charge in [0.25, 0.3) is 0 Å². The summed E-state index contributed by atoms with van der Waals surface area (Å²) in [5.41, 5.74) is 7.32. The first-order chi connectivity index (χ1) is 9.22. The van der Waals surface area contributed by atoms with Crippen LogP contribution in [0.3, 0.4) is 0 Å². The second-order valence-electron chi connectivity index (χ2n) is 5.67. The minimum atomic E-state index is 0.464. The highest BCUT2D eigenvalue weighted by Crippen LogP contribution is 2.40. The molecule has 3 N–H and O–H groups in total. The normalized spacial score (nSPS) is 26.9. The summed E-state index contributed by atoms with van der Waals surface area (Å²) in [6.45, 7) is 0.897. The molecule has 0 amide bonds. The third-order valence-electron chi connectivity index (χ3n) is 4.17. The number of benzene rings is 1. The monoisotopic (exact) mass is 321 g/mol. The summed E-state index contributed by atoms with van der Waals surface area (Å²) in [5.74, 6) is 1.99. The van der Waals surface area contributed by atoms with E-state index in [0.29, 0.717) is 17.9 Å². The van der Waals surface area contributed by atoms with Crippen molar-refractivity contribution in [1.82, 2.24) is 5.32 Å². The molecule has 2 saturated carbocycles. The Morgan fingerprint density at radius 2 is 2.05 bits per heavy atom. The molecule has 0 unspecified atom stereocenters. The van der Waals surface area contributed by atoms with Gasteiger partial charge in [0.1, 0.15) is 0 Å². The Morgan fingerprint density at radius 3 is 2.68 bits per heavy atom. The van der Waals surface area contributed by atoms with Crippen LogP contribution in [-0.2, 0) is 0 Å². The molecule has 3 nitrogen and oxygen atoms in total. The van der Waals surface area contributed by atoms with E-state index in [-0.39, 0.29) is 0 Å². The quantitative estimate of drug-likeness (QED) is 0.661. The summed E-state index contributed by atoms with van der Waals surface area (Å²) < 4.78 is 1.13. The van der Waals surface area contributed by atoms with Gasteiger partial charge in [-0.25, -0.2) is 0 Å². The fourth-order valence-electron chi connectivity index (χ4n) is 2.57. The Bertz CT molecular complexity index is 465. The fraction of sp³-hybridized carbons (Fsp3) is 0.533. The maximum absolute atomic E-state index is 5.94. The molecule has 0 radical (unpaired) electrons. The van der Waals surface area contributed by atoms with E-state index in [1.807, 2.05) is 0 Å². The van der Waals surface area contributed by atoms with Crippen LogP contribution in [0.15, 0.2) is 33.7 Å². The molecule has 1 aromatic rings. The first-order valence-electron chi connectivity index (χ1n) is 7.04. The number of nitrogens with one attached hydrogen (secondary N) is 1. The van der Waals surface area contributed by atoms with E-state index < -0.39 is 0 Å². The smallest absolute Gasteiger partial charge is 0.188 e. The Balaban J connectivity index is 1.48. The van der Waals surface area contributed by atoms with Crippen LogP contribution in [0.4, 0.5) is 0 Å². The number of nitrogens with two attached hydrogens (primary N) is 1. The molecule has 1 aromatic carbocycles. The maximum Gasteiger partial charge on any atom is 0.188 e. The lowest BCUT2D eigenvalue weighted by atomic mass is 9.86. The third kappa shape index (κ3) is 3.30. The molecule has 2 aliphatic rings. The lowest BCUT2D eigenvalue weighted by molar-refractivity contribution is 0.326. The van der Waals surface area contributed by atoms with Gasteiger partial charge in [-0.2, -0.15) is 0 Å². The van der Waals surface area contributed by atoms with Crippen LogP contribution in [0.25, 0.3) is 0 Å². The van der Waals surface area contributed by atoms with Crippen molar-refractivity contribution in [2.75, 3.05) is 6.54 Å². The van der Waals surface area contributed by atoms with Gasteiger partial charge < -0.3 is 11.1 Å². The first kappa shape index (κ1) is 13.0. The summed E-state index contributed by atoms with van der Waals surface area (Å²) in [6.07, 6.45) is 5.16. The molecule has 19 heavy (non-hydrogen) atoms. The molecule has 0 heterocycles. The van der Waals surface area contributed by atoms with E-state index in [2.05, 4.69) is 50.5 Å². The van der Waals surface area contributed by atoms with E-state index in [0.717, 1.165) is 23.4 Å². The highest BCUT2D eigenvalue weighted by Gasteiger charge is 2.38. The first-order valence-corrected chi connectivity index (χ1v) is 7.83. The van der Waals surface area contributed by atoms with E-state index in [1.54, 1.807) is 0 Å². The maximum atomic E-state index is 5.94. The zero-order valence-electron chi connectivity index (χ0n) is 11.0. The molecule has 0 aliphatic heterocycles. The van der Waals surface area contributed by atoms with Crippen LogP contribution in [0.2, 0.25) is 0 Å². The van der Waals surface area contributed by atoms with E-state index in [9.17, 15) is 0 Å². The van der Waals surface area contributed by atoms with Crippen molar-refractivity contribution in [3.05, 3.63) is 34.3 Å². The van der Waals surface area contributed by atoms with Gasteiger partial charge in [0, 0.05) is 23.0 Å². The molecular weight excluding hydrogens is 302 g/mol. The average Bonchev–Trinajstić information content (AvgIpc) is 3.07. The second kappa shape index (κ2) is 5.53. The molecular formula is C15H20BrN3. The van der Waals surface area contributed by atoms with Gasteiger partial charge in [0.05, 0.1) is 0 Å².